The van der Waals surface area contributed by atoms with E-state index in [0.717, 1.165) is 15.2 Å². The van der Waals surface area contributed by atoms with Gasteiger partial charge in [0.25, 0.3) is 5.91 Å². The van der Waals surface area contributed by atoms with E-state index in [1.807, 2.05) is 0 Å². The van der Waals surface area contributed by atoms with E-state index < -0.39 is 10.0 Å². The molecule has 3 rings (SSSR count). The van der Waals surface area contributed by atoms with Crippen molar-refractivity contribution >= 4 is 44.1 Å². The molecule has 1 heterocycles. The van der Waals surface area contributed by atoms with Gasteiger partial charge in [0, 0.05) is 35.7 Å². The number of halogens is 1. The van der Waals surface area contributed by atoms with Gasteiger partial charge in [-0.2, -0.15) is 0 Å². The Morgan fingerprint density at radius 1 is 1.12 bits per heavy atom. The van der Waals surface area contributed by atoms with Crippen LogP contribution in [-0.4, -0.2) is 37.7 Å². The van der Waals surface area contributed by atoms with Gasteiger partial charge in [0.15, 0.2) is 0 Å². The van der Waals surface area contributed by atoms with Crippen LogP contribution in [0.15, 0.2) is 47.4 Å². The maximum absolute atomic E-state index is 12.5. The molecule has 0 aliphatic rings. The van der Waals surface area contributed by atoms with E-state index in [1.54, 1.807) is 43.3 Å². The zero-order valence-electron chi connectivity index (χ0n) is 14.5. The first-order valence-electron chi connectivity index (χ1n) is 7.81. The smallest absolute Gasteiger partial charge is 0.272 e. The summed E-state index contributed by atoms with van der Waals surface area (Å²) >= 11 is 5.96. The maximum Gasteiger partial charge on any atom is 0.272 e. The average Bonchev–Trinajstić information content (AvgIpc) is 2.99. The van der Waals surface area contributed by atoms with E-state index >= 15 is 0 Å². The van der Waals surface area contributed by atoms with Crippen LogP contribution in [0.4, 0.5) is 5.69 Å². The fourth-order valence-corrected chi connectivity index (χ4v) is 3.90. The first-order valence-corrected chi connectivity index (χ1v) is 9.63. The Kier molecular flexibility index (Phi) is 4.79. The number of hydrogen-bond donors (Lipinski definition) is 2. The number of amides is 1. The summed E-state index contributed by atoms with van der Waals surface area (Å²) in [7, 11) is -0.660. The first-order chi connectivity index (χ1) is 12.2. The second-order valence-electron chi connectivity index (χ2n) is 6.14. The number of hydrogen-bond acceptors (Lipinski definition) is 3. The van der Waals surface area contributed by atoms with Crippen LogP contribution in [0.2, 0.25) is 5.02 Å². The number of benzene rings is 2. The SMILES string of the molecule is Cc1ccc(NC(=O)c2cc3cc(Cl)ccc3[nH]2)cc1S(=O)(=O)N(C)C. The van der Waals surface area contributed by atoms with E-state index in [9.17, 15) is 13.2 Å². The Balaban J connectivity index is 1.91. The summed E-state index contributed by atoms with van der Waals surface area (Å²) in [4.78, 5) is 15.7. The molecule has 26 heavy (non-hydrogen) atoms. The number of sulfonamides is 1. The van der Waals surface area contributed by atoms with Crippen molar-refractivity contribution in [2.45, 2.75) is 11.8 Å². The van der Waals surface area contributed by atoms with E-state index in [2.05, 4.69) is 10.3 Å². The lowest BCUT2D eigenvalue weighted by molar-refractivity contribution is 0.102. The van der Waals surface area contributed by atoms with Crippen LogP contribution in [0, 0.1) is 6.92 Å². The number of aromatic nitrogens is 1. The second kappa shape index (κ2) is 6.75. The third kappa shape index (κ3) is 3.46. The molecule has 136 valence electrons. The predicted octanol–water partition coefficient (Wildman–Crippen LogP) is 3.63. The highest BCUT2D eigenvalue weighted by molar-refractivity contribution is 7.89. The lowest BCUT2D eigenvalue weighted by Gasteiger charge is -2.15. The molecule has 1 aromatic heterocycles. The molecule has 0 atom stereocenters. The quantitative estimate of drug-likeness (QED) is 0.712. The third-order valence-electron chi connectivity index (χ3n) is 4.03. The Labute approximate surface area is 156 Å². The Bertz CT molecular complexity index is 1100. The molecule has 0 saturated carbocycles. The zero-order chi connectivity index (χ0) is 19.1. The monoisotopic (exact) mass is 391 g/mol. The molecule has 3 aromatic rings. The lowest BCUT2D eigenvalue weighted by Crippen LogP contribution is -2.23. The van der Waals surface area contributed by atoms with Crippen LogP contribution in [-0.2, 0) is 10.0 Å². The fraction of sp³-hybridized carbons (Fsp3) is 0.167. The minimum Gasteiger partial charge on any atom is -0.351 e. The van der Waals surface area contributed by atoms with Gasteiger partial charge in [0.05, 0.1) is 4.90 Å². The van der Waals surface area contributed by atoms with Crippen molar-refractivity contribution in [2.24, 2.45) is 0 Å². The number of anilines is 1. The van der Waals surface area contributed by atoms with Gasteiger partial charge in [0.1, 0.15) is 5.69 Å². The van der Waals surface area contributed by atoms with Gasteiger partial charge in [-0.1, -0.05) is 17.7 Å². The third-order valence-corrected chi connectivity index (χ3v) is 6.22. The first kappa shape index (κ1) is 18.4. The molecule has 0 fully saturated rings. The maximum atomic E-state index is 12.5. The molecule has 0 aliphatic carbocycles. The molecule has 0 unspecified atom stereocenters. The van der Waals surface area contributed by atoms with Crippen LogP contribution in [0.3, 0.4) is 0 Å². The summed E-state index contributed by atoms with van der Waals surface area (Å²) in [5, 5.41) is 4.13. The molecule has 0 spiro atoms. The summed E-state index contributed by atoms with van der Waals surface area (Å²) in [6.07, 6.45) is 0. The number of rotatable bonds is 4. The molecule has 8 heteroatoms. The Morgan fingerprint density at radius 2 is 1.85 bits per heavy atom. The summed E-state index contributed by atoms with van der Waals surface area (Å²) < 4.78 is 26.0. The Hall–Kier alpha value is -2.35. The number of aryl methyl sites for hydroxylation is 1. The van der Waals surface area contributed by atoms with Crippen LogP contribution >= 0.6 is 11.6 Å². The molecule has 0 radical (unpaired) electrons. The number of nitrogens with one attached hydrogen (secondary N) is 2. The summed E-state index contributed by atoms with van der Waals surface area (Å²) in [6, 6.07) is 11.8. The molecular weight excluding hydrogens is 374 g/mol. The minimum absolute atomic E-state index is 0.156. The van der Waals surface area contributed by atoms with Gasteiger partial charge < -0.3 is 10.3 Å². The molecule has 2 N–H and O–H groups in total. The topological polar surface area (TPSA) is 82.3 Å². The number of H-pyrrole nitrogens is 1. The number of aromatic amines is 1. The van der Waals surface area contributed by atoms with Gasteiger partial charge >= 0.3 is 0 Å². The van der Waals surface area contributed by atoms with Crippen molar-refractivity contribution < 1.29 is 13.2 Å². The largest absolute Gasteiger partial charge is 0.351 e. The predicted molar refractivity (Wildman–Crippen MR) is 103 cm³/mol. The normalized spacial score (nSPS) is 11.9. The summed E-state index contributed by atoms with van der Waals surface area (Å²) in [5.74, 6) is -0.366. The number of carbonyl (C=O) groups is 1. The number of carbonyl (C=O) groups excluding carboxylic acids is 1. The number of nitrogens with zero attached hydrogens (tertiary/aromatic N) is 1. The highest BCUT2D eigenvalue weighted by Gasteiger charge is 2.20. The lowest BCUT2D eigenvalue weighted by atomic mass is 10.2. The van der Waals surface area contributed by atoms with Crippen LogP contribution in [0.25, 0.3) is 10.9 Å². The van der Waals surface area contributed by atoms with Crippen LogP contribution in [0.5, 0.6) is 0 Å². The van der Waals surface area contributed by atoms with Crippen molar-refractivity contribution in [3.8, 4) is 0 Å². The highest BCUT2D eigenvalue weighted by Crippen LogP contribution is 2.24. The van der Waals surface area contributed by atoms with Crippen molar-refractivity contribution in [2.75, 3.05) is 19.4 Å². The Morgan fingerprint density at radius 3 is 2.54 bits per heavy atom. The van der Waals surface area contributed by atoms with Crippen LogP contribution in [0.1, 0.15) is 16.1 Å². The molecule has 0 aliphatic heterocycles. The molecule has 1 amide bonds. The second-order valence-corrected chi connectivity index (χ2v) is 8.69. The van der Waals surface area contributed by atoms with Gasteiger partial charge in [-0.15, -0.1) is 0 Å². The summed E-state index contributed by atoms with van der Waals surface area (Å²) in [5.41, 5.74) is 2.16. The summed E-state index contributed by atoms with van der Waals surface area (Å²) in [6.45, 7) is 1.71. The molecule has 2 aromatic carbocycles. The number of fused-ring (bicyclic) bond motifs is 1. The fourth-order valence-electron chi connectivity index (χ4n) is 2.58. The van der Waals surface area contributed by atoms with Gasteiger partial charge in [-0.05, 0) is 48.9 Å². The van der Waals surface area contributed by atoms with Gasteiger partial charge in [0.2, 0.25) is 10.0 Å². The van der Waals surface area contributed by atoms with Crippen LogP contribution < -0.4 is 5.32 Å². The van der Waals surface area contributed by atoms with Gasteiger partial charge in [-0.3, -0.25) is 4.79 Å². The highest BCUT2D eigenvalue weighted by atomic mass is 35.5. The molecule has 0 bridgehead atoms. The van der Waals surface area contributed by atoms with E-state index in [0.29, 0.717) is 22.0 Å². The van der Waals surface area contributed by atoms with Crippen molar-refractivity contribution in [3.05, 3.63) is 58.7 Å². The average molecular weight is 392 g/mol. The molecular formula is C18H18ClN3O3S. The minimum atomic E-state index is -3.60. The molecule has 0 saturated heterocycles. The van der Waals surface area contributed by atoms with Crippen molar-refractivity contribution in [1.29, 1.82) is 0 Å². The zero-order valence-corrected chi connectivity index (χ0v) is 16.1. The van der Waals surface area contributed by atoms with E-state index in [-0.39, 0.29) is 10.8 Å². The van der Waals surface area contributed by atoms with E-state index in [4.69, 9.17) is 11.6 Å². The van der Waals surface area contributed by atoms with Crippen molar-refractivity contribution in [3.63, 3.8) is 0 Å². The van der Waals surface area contributed by atoms with Gasteiger partial charge in [-0.25, -0.2) is 12.7 Å². The van der Waals surface area contributed by atoms with E-state index in [1.165, 1.54) is 20.2 Å². The standard InChI is InChI=1S/C18H18ClN3O3S/c1-11-4-6-14(10-17(11)26(24,25)22(2)3)20-18(23)16-9-12-8-13(19)5-7-15(12)21-16/h4-10,21H,1-3H3,(H,20,23). The van der Waals surface area contributed by atoms with Crippen molar-refractivity contribution in [1.82, 2.24) is 9.29 Å². The molecule has 6 nitrogen and oxygen atoms in total.